The van der Waals surface area contributed by atoms with Crippen LogP contribution in [0.3, 0.4) is 0 Å². The molecular weight excluding hydrogens is 200 g/mol. The second-order valence-electron chi connectivity index (χ2n) is 4.31. The van der Waals surface area contributed by atoms with Crippen LogP contribution in [-0.4, -0.2) is 33.3 Å². The van der Waals surface area contributed by atoms with E-state index in [2.05, 4.69) is 23.9 Å². The van der Waals surface area contributed by atoms with Gasteiger partial charge in [-0.15, -0.1) is 0 Å². The van der Waals surface area contributed by atoms with E-state index in [0.717, 1.165) is 12.8 Å². The summed E-state index contributed by atoms with van der Waals surface area (Å²) in [4.78, 5) is 0. The molecule has 4 nitrogen and oxygen atoms in total. The first-order chi connectivity index (χ1) is 6.38. The average molecular weight is 220 g/mol. The zero-order valence-electron chi connectivity index (χ0n) is 9.08. The van der Waals surface area contributed by atoms with Crippen molar-refractivity contribution in [3.8, 4) is 0 Å². The van der Waals surface area contributed by atoms with Crippen LogP contribution in [0.1, 0.15) is 26.7 Å². The lowest BCUT2D eigenvalue weighted by molar-refractivity contribution is 0.254. The number of piperidine rings is 1. The summed E-state index contributed by atoms with van der Waals surface area (Å²) in [6, 6.07) is 0.951. The van der Waals surface area contributed by atoms with Gasteiger partial charge in [-0.2, -0.15) is 0 Å². The van der Waals surface area contributed by atoms with E-state index in [0.29, 0.717) is 24.5 Å². The zero-order valence-corrected chi connectivity index (χ0v) is 9.89. The first kappa shape index (κ1) is 11.9. The number of nitrogens with one attached hydrogen (secondary N) is 2. The minimum absolute atomic E-state index is 0.396. The van der Waals surface area contributed by atoms with Crippen molar-refractivity contribution in [1.82, 2.24) is 10.0 Å². The van der Waals surface area contributed by atoms with Crippen molar-refractivity contribution in [2.45, 2.75) is 38.8 Å². The van der Waals surface area contributed by atoms with E-state index < -0.39 is 10.0 Å². The second kappa shape index (κ2) is 4.59. The Kier molecular flexibility index (Phi) is 3.92. The first-order valence-electron chi connectivity index (χ1n) is 5.09. The Morgan fingerprint density at radius 1 is 1.36 bits per heavy atom. The van der Waals surface area contributed by atoms with Gasteiger partial charge in [-0.3, -0.25) is 0 Å². The zero-order chi connectivity index (χ0) is 10.8. The third-order valence-corrected chi connectivity index (χ3v) is 3.52. The van der Waals surface area contributed by atoms with E-state index in [-0.39, 0.29) is 0 Å². The van der Waals surface area contributed by atoms with Gasteiger partial charge < -0.3 is 5.32 Å². The van der Waals surface area contributed by atoms with Crippen LogP contribution < -0.4 is 10.0 Å². The van der Waals surface area contributed by atoms with Crippen molar-refractivity contribution >= 4 is 10.0 Å². The number of rotatable bonds is 3. The third kappa shape index (κ3) is 3.94. The molecule has 2 N–H and O–H groups in total. The minimum Gasteiger partial charge on any atom is -0.311 e. The van der Waals surface area contributed by atoms with E-state index in [1.165, 1.54) is 6.26 Å². The molecule has 0 aliphatic carbocycles. The third-order valence-electron chi connectivity index (χ3n) is 2.83. The molecule has 1 heterocycles. The molecule has 0 amide bonds. The molecule has 0 saturated carbocycles. The Bertz CT molecular complexity index is 277. The molecule has 0 aromatic rings. The smallest absolute Gasteiger partial charge is 0.208 e. The van der Waals surface area contributed by atoms with Crippen LogP contribution >= 0.6 is 0 Å². The van der Waals surface area contributed by atoms with Gasteiger partial charge in [-0.05, 0) is 32.6 Å². The fourth-order valence-electron chi connectivity index (χ4n) is 1.92. The van der Waals surface area contributed by atoms with Gasteiger partial charge >= 0.3 is 0 Å². The van der Waals surface area contributed by atoms with Crippen LogP contribution in [0.2, 0.25) is 0 Å². The first-order valence-corrected chi connectivity index (χ1v) is 6.98. The van der Waals surface area contributed by atoms with Gasteiger partial charge in [0.25, 0.3) is 0 Å². The van der Waals surface area contributed by atoms with Gasteiger partial charge in [-0.1, -0.05) is 0 Å². The molecule has 1 aliphatic rings. The highest BCUT2D eigenvalue weighted by Crippen LogP contribution is 2.18. The topological polar surface area (TPSA) is 58.2 Å². The molecule has 1 fully saturated rings. The Morgan fingerprint density at radius 2 is 2.00 bits per heavy atom. The summed E-state index contributed by atoms with van der Waals surface area (Å²) >= 11 is 0. The Morgan fingerprint density at radius 3 is 2.50 bits per heavy atom. The molecule has 84 valence electrons. The van der Waals surface area contributed by atoms with Gasteiger partial charge in [0.15, 0.2) is 0 Å². The summed E-state index contributed by atoms with van der Waals surface area (Å²) < 4.78 is 24.4. The lowest BCUT2D eigenvalue weighted by atomic mass is 9.89. The lowest BCUT2D eigenvalue weighted by Gasteiger charge is -2.34. The summed E-state index contributed by atoms with van der Waals surface area (Å²) in [5, 5.41) is 3.43. The van der Waals surface area contributed by atoms with Crippen LogP contribution in [0, 0.1) is 5.92 Å². The quantitative estimate of drug-likeness (QED) is 0.720. The van der Waals surface area contributed by atoms with E-state index >= 15 is 0 Å². The maximum Gasteiger partial charge on any atom is 0.208 e. The summed E-state index contributed by atoms with van der Waals surface area (Å²) in [5.41, 5.74) is 0. The van der Waals surface area contributed by atoms with Crippen LogP contribution in [0.5, 0.6) is 0 Å². The molecule has 0 aromatic carbocycles. The number of hydrogen-bond acceptors (Lipinski definition) is 3. The molecule has 5 heteroatoms. The van der Waals surface area contributed by atoms with Crippen molar-refractivity contribution in [2.24, 2.45) is 5.92 Å². The van der Waals surface area contributed by atoms with E-state index in [9.17, 15) is 8.42 Å². The van der Waals surface area contributed by atoms with Crippen LogP contribution in [0.15, 0.2) is 0 Å². The van der Waals surface area contributed by atoms with Crippen molar-refractivity contribution in [3.05, 3.63) is 0 Å². The molecule has 0 aromatic heterocycles. The highest BCUT2D eigenvalue weighted by atomic mass is 32.2. The minimum atomic E-state index is -3.04. The predicted molar refractivity (Wildman–Crippen MR) is 57.6 cm³/mol. The average Bonchev–Trinajstić information content (AvgIpc) is 2.00. The fourth-order valence-corrected chi connectivity index (χ4v) is 2.44. The van der Waals surface area contributed by atoms with Gasteiger partial charge in [0.05, 0.1) is 6.26 Å². The van der Waals surface area contributed by atoms with Crippen LogP contribution in [0.25, 0.3) is 0 Å². The summed E-state index contributed by atoms with van der Waals surface area (Å²) in [6.45, 7) is 4.83. The van der Waals surface area contributed by atoms with Crippen LogP contribution in [0.4, 0.5) is 0 Å². The molecule has 0 spiro atoms. The van der Waals surface area contributed by atoms with Gasteiger partial charge in [0.2, 0.25) is 10.0 Å². The standard InChI is InChI=1S/C9H20N2O2S/c1-7-4-5-9(8(2)11-7)6-10-14(3,12)13/h7-11H,4-6H2,1-3H3. The summed E-state index contributed by atoms with van der Waals surface area (Å²) in [6.07, 6.45) is 3.43. The molecule has 14 heavy (non-hydrogen) atoms. The van der Waals surface area contributed by atoms with Gasteiger partial charge in [-0.25, -0.2) is 13.1 Å². The van der Waals surface area contributed by atoms with Crippen molar-refractivity contribution in [3.63, 3.8) is 0 Å². The Hall–Kier alpha value is -0.130. The van der Waals surface area contributed by atoms with Crippen molar-refractivity contribution in [2.75, 3.05) is 12.8 Å². The van der Waals surface area contributed by atoms with Gasteiger partial charge in [0, 0.05) is 18.6 Å². The highest BCUT2D eigenvalue weighted by Gasteiger charge is 2.24. The monoisotopic (exact) mass is 220 g/mol. The Labute approximate surface area is 86.5 Å². The summed E-state index contributed by atoms with van der Waals surface area (Å²) in [5.74, 6) is 0.418. The second-order valence-corrected chi connectivity index (χ2v) is 6.15. The molecule has 3 unspecified atom stereocenters. The summed E-state index contributed by atoms with van der Waals surface area (Å²) in [7, 11) is -3.04. The van der Waals surface area contributed by atoms with Crippen molar-refractivity contribution < 1.29 is 8.42 Å². The predicted octanol–water partition coefficient (Wildman–Crippen LogP) is 0.312. The van der Waals surface area contributed by atoms with Crippen molar-refractivity contribution in [1.29, 1.82) is 0 Å². The molecule has 0 radical (unpaired) electrons. The molecule has 1 rings (SSSR count). The van der Waals surface area contributed by atoms with E-state index in [1.807, 2.05) is 0 Å². The maximum atomic E-state index is 10.9. The lowest BCUT2D eigenvalue weighted by Crippen LogP contribution is -2.48. The molecule has 1 saturated heterocycles. The largest absolute Gasteiger partial charge is 0.311 e. The molecule has 1 aliphatic heterocycles. The molecule has 3 atom stereocenters. The Balaban J connectivity index is 2.38. The van der Waals surface area contributed by atoms with Gasteiger partial charge in [0.1, 0.15) is 0 Å². The fraction of sp³-hybridized carbons (Fsp3) is 1.00. The number of hydrogen-bond donors (Lipinski definition) is 2. The maximum absolute atomic E-state index is 10.9. The number of sulfonamides is 1. The molecule has 0 bridgehead atoms. The SMILES string of the molecule is CC1CCC(CNS(C)(=O)=O)C(C)N1. The van der Waals surface area contributed by atoms with E-state index in [4.69, 9.17) is 0 Å². The van der Waals surface area contributed by atoms with E-state index in [1.54, 1.807) is 0 Å². The normalized spacial score (nSPS) is 34.4. The highest BCUT2D eigenvalue weighted by molar-refractivity contribution is 7.88. The molecular formula is C9H20N2O2S. The van der Waals surface area contributed by atoms with Crippen LogP contribution in [-0.2, 0) is 10.0 Å².